The molecule has 1 aliphatic heterocycles. The minimum Gasteiger partial charge on any atom is -0.431 e. The highest BCUT2D eigenvalue weighted by Gasteiger charge is 2.63. The molecule has 10 heteroatoms. The Hall–Kier alpha value is -2.43. The van der Waals surface area contributed by atoms with E-state index >= 15 is 0 Å². The molecule has 2 bridgehead atoms. The van der Waals surface area contributed by atoms with Crippen LogP contribution in [0.2, 0.25) is 0 Å². The summed E-state index contributed by atoms with van der Waals surface area (Å²) in [6.07, 6.45) is -0.134. The molecule has 33 heavy (non-hydrogen) atoms. The van der Waals surface area contributed by atoms with Crippen molar-refractivity contribution in [3.63, 3.8) is 0 Å². The maximum Gasteiger partial charge on any atom is 0.508 e. The predicted molar refractivity (Wildman–Crippen MR) is 117 cm³/mol. The van der Waals surface area contributed by atoms with Crippen molar-refractivity contribution in [2.24, 2.45) is 16.7 Å². The molecule has 0 radical (unpaired) electrons. The van der Waals surface area contributed by atoms with Crippen molar-refractivity contribution in [2.75, 3.05) is 12.3 Å². The van der Waals surface area contributed by atoms with Gasteiger partial charge in [-0.05, 0) is 49.7 Å². The van der Waals surface area contributed by atoms with Crippen LogP contribution in [0.4, 0.5) is 10.6 Å². The van der Waals surface area contributed by atoms with Gasteiger partial charge in [-0.1, -0.05) is 20.8 Å². The van der Waals surface area contributed by atoms with Crippen LogP contribution in [0.3, 0.4) is 0 Å². The topological polar surface area (TPSA) is 141 Å². The van der Waals surface area contributed by atoms with Crippen molar-refractivity contribution < 1.29 is 29.2 Å². The van der Waals surface area contributed by atoms with Crippen molar-refractivity contribution in [1.82, 2.24) is 14.6 Å². The van der Waals surface area contributed by atoms with Gasteiger partial charge in [0.05, 0.1) is 5.69 Å². The molecule has 0 spiro atoms. The Morgan fingerprint density at radius 1 is 1.30 bits per heavy atom. The second-order valence-corrected chi connectivity index (χ2v) is 10.6. The maximum absolute atomic E-state index is 12.5. The Kier molecular flexibility index (Phi) is 4.94. The quantitative estimate of drug-likeness (QED) is 0.584. The summed E-state index contributed by atoms with van der Waals surface area (Å²) in [6.45, 7) is 8.07. The maximum atomic E-state index is 12.5. The van der Waals surface area contributed by atoms with Gasteiger partial charge in [-0.2, -0.15) is 5.10 Å². The van der Waals surface area contributed by atoms with Gasteiger partial charge in [-0.25, -0.2) is 14.3 Å². The van der Waals surface area contributed by atoms with Crippen LogP contribution in [-0.4, -0.2) is 62.0 Å². The summed E-state index contributed by atoms with van der Waals surface area (Å²) in [4.78, 5) is 16.5. The molecule has 4 N–H and O–H groups in total. The third kappa shape index (κ3) is 3.07. The van der Waals surface area contributed by atoms with E-state index in [1.165, 1.54) is 10.8 Å². The monoisotopic (exact) mass is 460 g/mol. The van der Waals surface area contributed by atoms with E-state index in [0.29, 0.717) is 17.1 Å². The van der Waals surface area contributed by atoms with E-state index < -0.39 is 30.1 Å². The molecule has 10 nitrogen and oxygen atoms in total. The van der Waals surface area contributed by atoms with Crippen LogP contribution in [0.15, 0.2) is 18.5 Å². The van der Waals surface area contributed by atoms with Gasteiger partial charge >= 0.3 is 6.16 Å². The first-order valence-electron chi connectivity index (χ1n) is 11.4. The van der Waals surface area contributed by atoms with Crippen LogP contribution in [0.25, 0.3) is 5.52 Å². The van der Waals surface area contributed by atoms with Crippen molar-refractivity contribution in [3.8, 4) is 0 Å². The average Bonchev–Trinajstić information content (AvgIpc) is 3.42. The zero-order valence-electron chi connectivity index (χ0n) is 19.4. The second kappa shape index (κ2) is 7.28. The highest BCUT2D eigenvalue weighted by Crippen LogP contribution is 2.66. The van der Waals surface area contributed by atoms with Gasteiger partial charge in [0.1, 0.15) is 48.5 Å². The number of rotatable bonds is 4. The molecule has 7 atom stereocenters. The van der Waals surface area contributed by atoms with E-state index in [4.69, 9.17) is 19.9 Å². The third-order valence-electron chi connectivity index (χ3n) is 8.97. The van der Waals surface area contributed by atoms with Gasteiger partial charge in [0.2, 0.25) is 0 Å². The third-order valence-corrected chi connectivity index (χ3v) is 8.97. The van der Waals surface area contributed by atoms with E-state index in [9.17, 15) is 15.0 Å². The molecular weight excluding hydrogens is 428 g/mol. The smallest absolute Gasteiger partial charge is 0.431 e. The lowest BCUT2D eigenvalue weighted by atomic mass is 9.70. The van der Waals surface area contributed by atoms with E-state index in [1.807, 2.05) is 0 Å². The van der Waals surface area contributed by atoms with Crippen molar-refractivity contribution in [2.45, 2.75) is 77.0 Å². The van der Waals surface area contributed by atoms with Crippen LogP contribution >= 0.6 is 0 Å². The molecular formula is C23H32N4O6. The van der Waals surface area contributed by atoms with Gasteiger partial charge in [-0.3, -0.25) is 0 Å². The lowest BCUT2D eigenvalue weighted by Gasteiger charge is -2.38. The molecule has 2 saturated carbocycles. The van der Waals surface area contributed by atoms with Gasteiger partial charge in [0.25, 0.3) is 0 Å². The fourth-order valence-corrected chi connectivity index (χ4v) is 6.27. The summed E-state index contributed by atoms with van der Waals surface area (Å²) < 4.78 is 18.6. The lowest BCUT2D eigenvalue weighted by molar-refractivity contribution is -0.0994. The number of hydrogen-bond acceptors (Lipinski definition) is 9. The van der Waals surface area contributed by atoms with Crippen molar-refractivity contribution in [1.29, 1.82) is 0 Å². The molecule has 2 aliphatic carbocycles. The van der Waals surface area contributed by atoms with Crippen molar-refractivity contribution >= 4 is 17.5 Å². The van der Waals surface area contributed by atoms with Gasteiger partial charge in [0, 0.05) is 5.41 Å². The minimum absolute atomic E-state index is 0.0748. The highest BCUT2D eigenvalue weighted by molar-refractivity contribution is 5.65. The van der Waals surface area contributed by atoms with Gasteiger partial charge < -0.3 is 30.2 Å². The predicted octanol–water partition coefficient (Wildman–Crippen LogP) is 2.02. The first-order chi connectivity index (χ1) is 15.5. The van der Waals surface area contributed by atoms with E-state index in [1.54, 1.807) is 19.1 Å². The molecule has 3 aliphatic rings. The molecule has 1 saturated heterocycles. The molecule has 3 heterocycles. The molecule has 2 aromatic heterocycles. The number of aromatic nitrogens is 3. The van der Waals surface area contributed by atoms with Gasteiger partial charge in [0.15, 0.2) is 5.82 Å². The van der Waals surface area contributed by atoms with Crippen molar-refractivity contribution in [3.05, 3.63) is 24.2 Å². The summed E-state index contributed by atoms with van der Waals surface area (Å²) in [5.74, 6) is 0.818. The molecule has 2 aromatic rings. The average molecular weight is 461 g/mol. The number of fused-ring (bicyclic) bond motifs is 3. The second-order valence-electron chi connectivity index (χ2n) is 10.6. The standard InChI is InChI=1S/C23H32N4O6/c1-21(2)12-7-8-22(21,3)16(9-12)32-20(30)31-10-14-17(28)18(29)23(4,33-14)15-6-5-13-19(24)25-11-26-27(13)15/h5-6,11-12,14,16-18,28-29H,7-10H2,1-4H3,(H2,24,25,26)/t12?,14-,16?,17-,18-,22?,23+/m1/s1. The number of nitrogens with zero attached hydrogens (tertiary/aromatic N) is 3. The van der Waals surface area contributed by atoms with Gasteiger partial charge in [-0.15, -0.1) is 0 Å². The van der Waals surface area contributed by atoms with E-state index in [-0.39, 0.29) is 29.4 Å². The molecule has 0 aromatic carbocycles. The molecule has 180 valence electrons. The SMILES string of the molecule is CC1(C)C2CCC1(C)C(OC(=O)OC[C@H]1O[C@@](C)(c3ccc4c(N)ncnn34)[C@H](O)[C@@H]1O)C2. The number of ether oxygens (including phenoxy) is 3. The molecule has 3 fully saturated rings. The number of carbonyl (C=O) groups excluding carboxylic acids is 1. The van der Waals surface area contributed by atoms with Crippen LogP contribution < -0.4 is 5.73 Å². The highest BCUT2D eigenvalue weighted by atomic mass is 16.7. The Morgan fingerprint density at radius 3 is 2.73 bits per heavy atom. The summed E-state index contributed by atoms with van der Waals surface area (Å²) in [7, 11) is 0. The zero-order chi connectivity index (χ0) is 23.8. The summed E-state index contributed by atoms with van der Waals surface area (Å²) in [6, 6.07) is 3.43. The Balaban J connectivity index is 1.26. The number of aliphatic hydroxyl groups is 2. The number of carbonyl (C=O) groups is 1. The fourth-order valence-electron chi connectivity index (χ4n) is 6.27. The van der Waals surface area contributed by atoms with E-state index in [0.717, 1.165) is 19.3 Å². The Labute approximate surface area is 192 Å². The van der Waals surface area contributed by atoms with Crippen LogP contribution in [-0.2, 0) is 19.8 Å². The number of hydrogen-bond donors (Lipinski definition) is 3. The number of nitrogen functional groups attached to an aromatic ring is 1. The number of anilines is 1. The lowest BCUT2D eigenvalue weighted by Crippen LogP contribution is -2.40. The molecule has 5 rings (SSSR count). The Morgan fingerprint density at radius 2 is 2.06 bits per heavy atom. The first kappa shape index (κ1) is 22.4. The largest absolute Gasteiger partial charge is 0.508 e. The zero-order valence-corrected chi connectivity index (χ0v) is 19.4. The normalized spacial score (nSPS) is 39.3. The van der Waals surface area contributed by atoms with E-state index in [2.05, 4.69) is 30.9 Å². The summed E-state index contributed by atoms with van der Waals surface area (Å²) >= 11 is 0. The number of aliphatic hydroxyl groups excluding tert-OH is 2. The molecule has 0 amide bonds. The van der Waals surface area contributed by atoms with Crippen LogP contribution in [0.5, 0.6) is 0 Å². The summed E-state index contributed by atoms with van der Waals surface area (Å²) in [5, 5.41) is 25.6. The fraction of sp³-hybridized carbons (Fsp3) is 0.696. The minimum atomic E-state index is -1.30. The van der Waals surface area contributed by atoms with Crippen LogP contribution in [0.1, 0.15) is 52.7 Å². The number of nitrogens with two attached hydrogens (primary N) is 1. The summed E-state index contributed by atoms with van der Waals surface area (Å²) in [5.41, 5.74) is 5.70. The Bertz CT molecular complexity index is 1090. The molecule has 3 unspecified atom stereocenters. The van der Waals surface area contributed by atoms with Crippen LogP contribution in [0, 0.1) is 16.7 Å². The first-order valence-corrected chi connectivity index (χ1v) is 11.4.